The van der Waals surface area contributed by atoms with Crippen molar-refractivity contribution in [1.29, 1.82) is 5.26 Å². The van der Waals surface area contributed by atoms with Gasteiger partial charge in [0.1, 0.15) is 11.7 Å². The Morgan fingerprint density at radius 2 is 2.09 bits per heavy atom. The zero-order chi connectivity index (χ0) is 17.2. The van der Waals surface area contributed by atoms with Gasteiger partial charge in [-0.05, 0) is 61.8 Å². The first-order chi connectivity index (χ1) is 10.7. The number of hydrogen-bond donors (Lipinski definition) is 0. The molecular formula is C17H22BrN3O2. The van der Waals surface area contributed by atoms with Gasteiger partial charge in [0.25, 0.3) is 0 Å². The summed E-state index contributed by atoms with van der Waals surface area (Å²) < 4.78 is 6.23. The highest BCUT2D eigenvalue weighted by Gasteiger charge is 2.30. The molecular weight excluding hydrogens is 358 g/mol. The highest BCUT2D eigenvalue weighted by atomic mass is 79.9. The monoisotopic (exact) mass is 379 g/mol. The molecule has 5 nitrogen and oxygen atoms in total. The lowest BCUT2D eigenvalue weighted by Crippen LogP contribution is -2.54. The number of anilines is 1. The molecule has 0 bridgehead atoms. The van der Waals surface area contributed by atoms with Gasteiger partial charge in [-0.2, -0.15) is 5.26 Å². The molecule has 23 heavy (non-hydrogen) atoms. The van der Waals surface area contributed by atoms with E-state index in [0.717, 1.165) is 10.2 Å². The van der Waals surface area contributed by atoms with E-state index in [-0.39, 0.29) is 12.1 Å². The van der Waals surface area contributed by atoms with Crippen LogP contribution < -0.4 is 4.90 Å². The van der Waals surface area contributed by atoms with Crippen LogP contribution in [0, 0.1) is 11.3 Å². The standard InChI is InChI=1S/C17H22BrN3O2/c1-12-11-20(16(22)23-17(2,3)4)7-8-21(12)14-5-6-15(18)13(9-14)10-19/h5-6,9,12H,7-8,11H2,1-4H3/t12-/m1/s1. The quantitative estimate of drug-likeness (QED) is 0.744. The number of carbonyl (C=O) groups excluding carboxylic acids is 1. The van der Waals surface area contributed by atoms with Crippen molar-refractivity contribution in [3.8, 4) is 6.07 Å². The van der Waals surface area contributed by atoms with Crippen LogP contribution in [0.1, 0.15) is 33.3 Å². The molecule has 6 heteroatoms. The van der Waals surface area contributed by atoms with Crippen molar-refractivity contribution >= 4 is 27.7 Å². The Balaban J connectivity index is 2.07. The number of hydrogen-bond acceptors (Lipinski definition) is 4. The van der Waals surface area contributed by atoms with Crippen LogP contribution in [0.2, 0.25) is 0 Å². The number of piperazine rings is 1. The van der Waals surface area contributed by atoms with E-state index >= 15 is 0 Å². The average molecular weight is 380 g/mol. The summed E-state index contributed by atoms with van der Waals surface area (Å²) in [6.45, 7) is 9.61. The van der Waals surface area contributed by atoms with Gasteiger partial charge in [0.2, 0.25) is 0 Å². The summed E-state index contributed by atoms with van der Waals surface area (Å²) >= 11 is 3.38. The van der Waals surface area contributed by atoms with Crippen molar-refractivity contribution in [3.05, 3.63) is 28.2 Å². The third-order valence-electron chi connectivity index (χ3n) is 3.68. The summed E-state index contributed by atoms with van der Waals surface area (Å²) in [6.07, 6.45) is -0.266. The Kier molecular flexibility index (Phi) is 5.20. The van der Waals surface area contributed by atoms with Gasteiger partial charge in [0.05, 0.1) is 5.56 Å². The molecule has 0 unspecified atom stereocenters. The van der Waals surface area contributed by atoms with Crippen LogP contribution in [0.4, 0.5) is 10.5 Å². The zero-order valence-corrected chi connectivity index (χ0v) is 15.6. The topological polar surface area (TPSA) is 56.6 Å². The van der Waals surface area contributed by atoms with Gasteiger partial charge in [-0.3, -0.25) is 0 Å². The third kappa shape index (κ3) is 4.38. The molecule has 1 amide bonds. The van der Waals surface area contributed by atoms with Crippen molar-refractivity contribution in [3.63, 3.8) is 0 Å². The number of benzene rings is 1. The number of halogens is 1. The largest absolute Gasteiger partial charge is 0.444 e. The van der Waals surface area contributed by atoms with Crippen LogP contribution >= 0.6 is 15.9 Å². The lowest BCUT2D eigenvalue weighted by molar-refractivity contribution is 0.0219. The molecule has 1 atom stereocenters. The molecule has 2 rings (SSSR count). The molecule has 0 aromatic heterocycles. The molecule has 1 aliphatic rings. The number of ether oxygens (including phenoxy) is 1. The third-order valence-corrected chi connectivity index (χ3v) is 4.37. The molecule has 0 aliphatic carbocycles. The maximum Gasteiger partial charge on any atom is 0.410 e. The first kappa shape index (κ1) is 17.6. The summed E-state index contributed by atoms with van der Waals surface area (Å²) in [6, 6.07) is 8.10. The summed E-state index contributed by atoms with van der Waals surface area (Å²) in [7, 11) is 0. The minimum absolute atomic E-state index is 0.156. The van der Waals surface area contributed by atoms with E-state index in [0.29, 0.717) is 25.2 Å². The lowest BCUT2D eigenvalue weighted by Gasteiger charge is -2.41. The van der Waals surface area contributed by atoms with E-state index in [1.54, 1.807) is 4.90 Å². The molecule has 0 radical (unpaired) electrons. The SMILES string of the molecule is C[C@@H]1CN(C(=O)OC(C)(C)C)CCN1c1ccc(Br)c(C#N)c1. The molecule has 0 N–H and O–H groups in total. The average Bonchev–Trinajstić information content (AvgIpc) is 2.46. The molecule has 1 aromatic carbocycles. The Bertz CT molecular complexity index is 634. The molecule has 0 saturated carbocycles. The Labute approximate surface area is 145 Å². The second-order valence-corrected chi connectivity index (χ2v) is 7.60. The van der Waals surface area contributed by atoms with E-state index in [2.05, 4.69) is 33.8 Å². The van der Waals surface area contributed by atoms with Crippen LogP contribution in [0.5, 0.6) is 0 Å². The van der Waals surface area contributed by atoms with Crippen LogP contribution in [0.3, 0.4) is 0 Å². The minimum atomic E-state index is -0.481. The van der Waals surface area contributed by atoms with Gasteiger partial charge in [-0.15, -0.1) is 0 Å². The number of amides is 1. The lowest BCUT2D eigenvalue weighted by atomic mass is 10.1. The van der Waals surface area contributed by atoms with Crippen molar-refractivity contribution in [2.24, 2.45) is 0 Å². The minimum Gasteiger partial charge on any atom is -0.444 e. The normalized spacial score (nSPS) is 18.5. The molecule has 124 valence electrons. The van der Waals surface area contributed by atoms with Gasteiger partial charge in [0, 0.05) is 35.8 Å². The number of nitriles is 1. The van der Waals surface area contributed by atoms with Gasteiger partial charge in [-0.25, -0.2) is 4.79 Å². The van der Waals surface area contributed by atoms with Crippen LogP contribution in [-0.2, 0) is 4.74 Å². The van der Waals surface area contributed by atoms with Crippen molar-refractivity contribution in [1.82, 2.24) is 4.90 Å². The van der Waals surface area contributed by atoms with Crippen molar-refractivity contribution in [2.75, 3.05) is 24.5 Å². The van der Waals surface area contributed by atoms with Crippen LogP contribution in [0.25, 0.3) is 0 Å². The van der Waals surface area contributed by atoms with E-state index in [1.165, 1.54) is 0 Å². The fraction of sp³-hybridized carbons (Fsp3) is 0.529. The van der Waals surface area contributed by atoms with Crippen molar-refractivity contribution < 1.29 is 9.53 Å². The highest BCUT2D eigenvalue weighted by molar-refractivity contribution is 9.10. The Hall–Kier alpha value is -1.74. The number of rotatable bonds is 1. The van der Waals surface area contributed by atoms with Crippen LogP contribution in [-0.4, -0.2) is 42.3 Å². The van der Waals surface area contributed by atoms with Gasteiger partial charge < -0.3 is 14.5 Å². The summed E-state index contributed by atoms with van der Waals surface area (Å²) in [5.41, 5.74) is 1.13. The van der Waals surface area contributed by atoms with E-state index in [4.69, 9.17) is 10.00 Å². The van der Waals surface area contributed by atoms with Crippen molar-refractivity contribution in [2.45, 2.75) is 39.3 Å². The van der Waals surface area contributed by atoms with Gasteiger partial charge in [-0.1, -0.05) is 0 Å². The van der Waals surface area contributed by atoms with E-state index < -0.39 is 5.60 Å². The number of nitrogens with zero attached hydrogens (tertiary/aromatic N) is 3. The number of carbonyl (C=O) groups is 1. The van der Waals surface area contributed by atoms with Gasteiger partial charge in [0.15, 0.2) is 0 Å². The molecule has 0 spiro atoms. The maximum absolute atomic E-state index is 12.2. The Morgan fingerprint density at radius 3 is 2.65 bits per heavy atom. The first-order valence-corrected chi connectivity index (χ1v) is 8.45. The highest BCUT2D eigenvalue weighted by Crippen LogP contribution is 2.26. The molecule has 1 fully saturated rings. The molecule has 1 heterocycles. The summed E-state index contributed by atoms with van der Waals surface area (Å²) in [5.74, 6) is 0. The fourth-order valence-corrected chi connectivity index (χ4v) is 2.95. The molecule has 1 saturated heterocycles. The predicted octanol–water partition coefficient (Wildman–Crippen LogP) is 3.77. The first-order valence-electron chi connectivity index (χ1n) is 7.65. The summed E-state index contributed by atoms with van der Waals surface area (Å²) in [5, 5.41) is 9.16. The fourth-order valence-electron chi connectivity index (χ4n) is 2.61. The smallest absolute Gasteiger partial charge is 0.410 e. The predicted molar refractivity (Wildman–Crippen MR) is 93.5 cm³/mol. The summed E-state index contributed by atoms with van der Waals surface area (Å²) in [4.78, 5) is 16.1. The van der Waals surface area contributed by atoms with Crippen LogP contribution in [0.15, 0.2) is 22.7 Å². The van der Waals surface area contributed by atoms with Gasteiger partial charge >= 0.3 is 6.09 Å². The maximum atomic E-state index is 12.2. The zero-order valence-electron chi connectivity index (χ0n) is 14.0. The Morgan fingerprint density at radius 1 is 1.39 bits per heavy atom. The molecule has 1 aromatic rings. The van der Waals surface area contributed by atoms with E-state index in [1.807, 2.05) is 39.0 Å². The van der Waals surface area contributed by atoms with E-state index in [9.17, 15) is 4.79 Å². The second kappa shape index (κ2) is 6.79. The second-order valence-electron chi connectivity index (χ2n) is 6.74. The molecule has 1 aliphatic heterocycles.